The molecule has 0 N–H and O–H groups in total. The highest BCUT2D eigenvalue weighted by Gasteiger charge is 2.15. The minimum atomic E-state index is -0.279. The van der Waals surface area contributed by atoms with E-state index in [0.29, 0.717) is 42.5 Å². The lowest BCUT2D eigenvalue weighted by atomic mass is 10.1. The largest absolute Gasteiger partial charge is 0.487 e. The molecule has 0 saturated heterocycles. The van der Waals surface area contributed by atoms with Crippen LogP contribution in [0.2, 0.25) is 0 Å². The van der Waals surface area contributed by atoms with Gasteiger partial charge in [-0.15, -0.1) is 5.10 Å². The van der Waals surface area contributed by atoms with Gasteiger partial charge in [0.05, 0.1) is 17.5 Å². The third-order valence-electron chi connectivity index (χ3n) is 5.04. The molecule has 0 spiro atoms. The van der Waals surface area contributed by atoms with Crippen LogP contribution >= 0.6 is 0 Å². The lowest BCUT2D eigenvalue weighted by Crippen LogP contribution is -2.06. The lowest BCUT2D eigenvalue weighted by molar-refractivity contribution is 0.0613. The summed E-state index contributed by atoms with van der Waals surface area (Å²) in [6.45, 7) is 6.34. The Morgan fingerprint density at radius 2 is 1.88 bits per heavy atom. The third kappa shape index (κ3) is 6.02. The van der Waals surface area contributed by atoms with E-state index >= 15 is 0 Å². The first kappa shape index (κ1) is 22.6. The highest BCUT2D eigenvalue weighted by molar-refractivity contribution is 5.37. The lowest BCUT2D eigenvalue weighted by Gasteiger charge is -2.09. The zero-order valence-electron chi connectivity index (χ0n) is 19.0. The van der Waals surface area contributed by atoms with E-state index in [1.807, 2.05) is 62.4 Å². The van der Waals surface area contributed by atoms with E-state index in [-0.39, 0.29) is 11.9 Å². The summed E-state index contributed by atoms with van der Waals surface area (Å²) >= 11 is 0. The second-order valence-corrected chi connectivity index (χ2v) is 8.08. The Balaban J connectivity index is 1.57. The first-order valence-corrected chi connectivity index (χ1v) is 10.9. The Morgan fingerprint density at radius 1 is 1.00 bits per heavy atom. The summed E-state index contributed by atoms with van der Waals surface area (Å²) in [4.78, 5) is 8.97. The molecule has 7 heteroatoms. The number of aryl methyl sites for hydroxylation is 1. The fraction of sp³-hybridized carbons (Fsp3) is 0.269. The maximum Gasteiger partial charge on any atom is 0.177 e. The molecule has 0 bridgehead atoms. The molecular weight excluding hydrogens is 419 g/mol. The van der Waals surface area contributed by atoms with Crippen molar-refractivity contribution in [2.45, 2.75) is 46.5 Å². The zero-order valence-corrected chi connectivity index (χ0v) is 19.0. The van der Waals surface area contributed by atoms with Crippen LogP contribution in [0.15, 0.2) is 66.9 Å². The van der Waals surface area contributed by atoms with Gasteiger partial charge in [0.15, 0.2) is 5.82 Å². The molecule has 2 heterocycles. The van der Waals surface area contributed by atoms with Gasteiger partial charge < -0.3 is 9.47 Å². The fourth-order valence-electron chi connectivity index (χ4n) is 3.30. The summed E-state index contributed by atoms with van der Waals surface area (Å²) in [5, 5.41) is 4.59. The van der Waals surface area contributed by atoms with Gasteiger partial charge in [0.2, 0.25) is 0 Å². The number of hydrogen-bond donors (Lipinski definition) is 0. The molecule has 0 aliphatic rings. The number of nitrogens with zero attached hydrogens (tertiary/aromatic N) is 4. The van der Waals surface area contributed by atoms with Gasteiger partial charge in [-0.1, -0.05) is 24.3 Å². The second-order valence-electron chi connectivity index (χ2n) is 8.08. The van der Waals surface area contributed by atoms with E-state index in [0.717, 1.165) is 17.0 Å². The number of pyridine rings is 1. The van der Waals surface area contributed by atoms with Gasteiger partial charge in [0.25, 0.3) is 0 Å². The van der Waals surface area contributed by atoms with Crippen molar-refractivity contribution in [1.29, 1.82) is 0 Å². The van der Waals surface area contributed by atoms with Crippen LogP contribution in [-0.4, -0.2) is 25.9 Å². The quantitative estimate of drug-likeness (QED) is 0.353. The van der Waals surface area contributed by atoms with Gasteiger partial charge >= 0.3 is 0 Å². The Morgan fingerprint density at radius 3 is 2.64 bits per heavy atom. The van der Waals surface area contributed by atoms with Crippen molar-refractivity contribution < 1.29 is 13.9 Å². The topological polar surface area (TPSA) is 62.1 Å². The average Bonchev–Trinajstić information content (AvgIpc) is 3.21. The van der Waals surface area contributed by atoms with Crippen molar-refractivity contribution in [3.8, 4) is 11.4 Å². The number of aromatic nitrogens is 4. The molecule has 0 radical (unpaired) electrons. The van der Waals surface area contributed by atoms with E-state index in [1.165, 1.54) is 6.07 Å². The van der Waals surface area contributed by atoms with E-state index in [1.54, 1.807) is 23.9 Å². The number of hydrogen-bond acceptors (Lipinski definition) is 5. The molecule has 0 aliphatic heterocycles. The fourth-order valence-corrected chi connectivity index (χ4v) is 3.30. The SMILES string of the molecule is Cc1ccc(-n2nc(COC(C)C)nc2Cc2cccc(OCc3ccccn3)c2)cc1F. The Bertz CT molecular complexity index is 1210. The molecule has 2 aromatic carbocycles. The van der Waals surface area contributed by atoms with Crippen LogP contribution < -0.4 is 4.74 Å². The van der Waals surface area contributed by atoms with Gasteiger partial charge in [-0.25, -0.2) is 14.1 Å². The standard InChI is InChI=1S/C26H27FN4O2/c1-18(2)32-17-25-29-26(31(30-25)22-11-10-19(3)24(27)15-22)14-20-7-6-9-23(13-20)33-16-21-8-4-5-12-28-21/h4-13,15,18H,14,16-17H2,1-3H3. The number of halogens is 1. The summed E-state index contributed by atoms with van der Waals surface area (Å²) in [5.41, 5.74) is 3.07. The van der Waals surface area contributed by atoms with Crippen LogP contribution in [0.1, 0.15) is 42.3 Å². The minimum Gasteiger partial charge on any atom is -0.487 e. The first-order chi connectivity index (χ1) is 16.0. The van der Waals surface area contributed by atoms with Crippen LogP contribution in [0.3, 0.4) is 0 Å². The van der Waals surface area contributed by atoms with Crippen molar-refractivity contribution in [1.82, 2.24) is 19.7 Å². The normalized spacial score (nSPS) is 11.2. The van der Waals surface area contributed by atoms with Gasteiger partial charge in [-0.3, -0.25) is 4.98 Å². The third-order valence-corrected chi connectivity index (χ3v) is 5.04. The molecular formula is C26H27FN4O2. The number of ether oxygens (including phenoxy) is 2. The molecule has 0 fully saturated rings. The molecule has 0 aliphatic carbocycles. The second kappa shape index (κ2) is 10.4. The van der Waals surface area contributed by atoms with E-state index in [2.05, 4.69) is 15.1 Å². The monoisotopic (exact) mass is 446 g/mol. The van der Waals surface area contributed by atoms with E-state index in [4.69, 9.17) is 9.47 Å². The summed E-state index contributed by atoms with van der Waals surface area (Å²) in [6, 6.07) is 18.6. The molecule has 170 valence electrons. The van der Waals surface area contributed by atoms with E-state index < -0.39 is 0 Å². The number of benzene rings is 2. The summed E-state index contributed by atoms with van der Waals surface area (Å²) in [6.07, 6.45) is 2.31. The molecule has 0 atom stereocenters. The predicted molar refractivity (Wildman–Crippen MR) is 124 cm³/mol. The van der Waals surface area contributed by atoms with Gasteiger partial charge in [0.1, 0.15) is 30.6 Å². The molecule has 0 amide bonds. The maximum atomic E-state index is 14.3. The maximum absolute atomic E-state index is 14.3. The van der Waals surface area contributed by atoms with Crippen LogP contribution in [0, 0.1) is 12.7 Å². The summed E-state index contributed by atoms with van der Waals surface area (Å²) in [5.74, 6) is 1.72. The van der Waals surface area contributed by atoms with Crippen LogP contribution in [0.5, 0.6) is 5.75 Å². The van der Waals surface area contributed by atoms with Crippen LogP contribution in [0.25, 0.3) is 5.69 Å². The van der Waals surface area contributed by atoms with Crippen molar-refractivity contribution in [3.63, 3.8) is 0 Å². The molecule has 2 aromatic heterocycles. The Labute approximate surface area is 193 Å². The molecule has 33 heavy (non-hydrogen) atoms. The Kier molecular flexibility index (Phi) is 7.10. The summed E-state index contributed by atoms with van der Waals surface area (Å²) in [7, 11) is 0. The van der Waals surface area contributed by atoms with Gasteiger partial charge in [-0.2, -0.15) is 0 Å². The van der Waals surface area contributed by atoms with Crippen molar-refractivity contribution in [2.24, 2.45) is 0 Å². The molecule has 4 rings (SSSR count). The highest BCUT2D eigenvalue weighted by atomic mass is 19.1. The van der Waals surface area contributed by atoms with Crippen molar-refractivity contribution >= 4 is 0 Å². The van der Waals surface area contributed by atoms with Gasteiger partial charge in [0, 0.05) is 12.6 Å². The molecule has 6 nitrogen and oxygen atoms in total. The van der Waals surface area contributed by atoms with E-state index in [9.17, 15) is 4.39 Å². The number of rotatable bonds is 9. The molecule has 0 unspecified atom stereocenters. The Hall–Kier alpha value is -3.58. The van der Waals surface area contributed by atoms with Crippen LogP contribution in [0.4, 0.5) is 4.39 Å². The first-order valence-electron chi connectivity index (χ1n) is 10.9. The molecule has 0 saturated carbocycles. The zero-order chi connectivity index (χ0) is 23.2. The minimum absolute atomic E-state index is 0.0603. The average molecular weight is 447 g/mol. The highest BCUT2D eigenvalue weighted by Crippen LogP contribution is 2.20. The smallest absolute Gasteiger partial charge is 0.177 e. The van der Waals surface area contributed by atoms with Crippen molar-refractivity contribution in [2.75, 3.05) is 0 Å². The van der Waals surface area contributed by atoms with Gasteiger partial charge in [-0.05, 0) is 68.3 Å². The van der Waals surface area contributed by atoms with Crippen LogP contribution in [-0.2, 0) is 24.4 Å². The summed E-state index contributed by atoms with van der Waals surface area (Å²) < 4.78 is 27.5. The predicted octanol–water partition coefficient (Wildman–Crippen LogP) is 5.20. The van der Waals surface area contributed by atoms with Crippen molar-refractivity contribution in [3.05, 3.63) is 101 Å². The molecule has 4 aromatic rings.